The van der Waals surface area contributed by atoms with E-state index in [4.69, 9.17) is 4.74 Å². The van der Waals surface area contributed by atoms with Crippen LogP contribution in [-0.2, 0) is 9.53 Å². The van der Waals surface area contributed by atoms with Crippen LogP contribution >= 0.6 is 0 Å². The number of hydrogen-bond acceptors (Lipinski definition) is 2. The van der Waals surface area contributed by atoms with E-state index in [1.807, 2.05) is 13.8 Å². The summed E-state index contributed by atoms with van der Waals surface area (Å²) in [5, 5.41) is 2.81. The molecule has 1 amide bonds. The first kappa shape index (κ1) is 12.4. The minimum absolute atomic E-state index is 0.0383. The summed E-state index contributed by atoms with van der Waals surface area (Å²) < 4.78 is 5.16. The van der Waals surface area contributed by atoms with E-state index in [9.17, 15) is 4.79 Å². The molecule has 0 heterocycles. The number of rotatable bonds is 4. The third-order valence-corrected chi connectivity index (χ3v) is 1.36. The summed E-state index contributed by atoms with van der Waals surface area (Å²) in [6, 6.07) is 0. The summed E-state index contributed by atoms with van der Waals surface area (Å²) in [6.07, 6.45) is 0.111. The third kappa shape index (κ3) is 9.34. The van der Waals surface area contributed by atoms with Crippen LogP contribution in [0.3, 0.4) is 0 Å². The molecule has 0 aromatic rings. The highest BCUT2D eigenvalue weighted by molar-refractivity contribution is 5.77. The number of hydrogen-bond donors (Lipinski definition) is 1. The molecule has 78 valence electrons. The first-order valence-electron chi connectivity index (χ1n) is 4.69. The lowest BCUT2D eigenvalue weighted by Crippen LogP contribution is -2.35. The Morgan fingerprint density at radius 3 is 2.31 bits per heavy atom. The quantitative estimate of drug-likeness (QED) is 0.725. The van der Waals surface area contributed by atoms with Crippen LogP contribution in [-0.4, -0.2) is 25.2 Å². The number of amides is 1. The van der Waals surface area contributed by atoms with Crippen LogP contribution in [0.4, 0.5) is 0 Å². The molecule has 0 aliphatic rings. The maximum Gasteiger partial charge on any atom is 0.246 e. The van der Waals surface area contributed by atoms with E-state index in [1.54, 1.807) is 0 Å². The molecule has 0 aliphatic carbocycles. The second-order valence-corrected chi connectivity index (χ2v) is 4.70. The minimum Gasteiger partial charge on any atom is -0.369 e. The summed E-state index contributed by atoms with van der Waals surface area (Å²) in [4.78, 5) is 11.2. The van der Waals surface area contributed by atoms with Crippen molar-refractivity contribution in [2.24, 2.45) is 5.41 Å². The van der Waals surface area contributed by atoms with Crippen LogP contribution in [0.2, 0.25) is 0 Å². The Hall–Kier alpha value is -0.570. The minimum atomic E-state index is -0.0383. The van der Waals surface area contributed by atoms with Crippen LogP contribution in [0.1, 0.15) is 34.6 Å². The predicted molar refractivity (Wildman–Crippen MR) is 53.6 cm³/mol. The van der Waals surface area contributed by atoms with Crippen LogP contribution < -0.4 is 5.32 Å². The molecule has 3 heteroatoms. The van der Waals surface area contributed by atoms with Gasteiger partial charge in [0.15, 0.2) is 0 Å². The fourth-order valence-electron chi connectivity index (χ4n) is 0.657. The number of nitrogens with one attached hydrogen (secondary N) is 1. The standard InChI is InChI=1S/C10H21NO2/c1-8(2)13-6-9(12)11-7-10(3,4)5/h8H,6-7H2,1-5H3,(H,11,12). The number of carbonyl (C=O) groups is 1. The van der Waals surface area contributed by atoms with Gasteiger partial charge < -0.3 is 10.1 Å². The lowest BCUT2D eigenvalue weighted by molar-refractivity contribution is -0.127. The molecule has 0 aromatic carbocycles. The zero-order valence-electron chi connectivity index (χ0n) is 9.31. The topological polar surface area (TPSA) is 38.3 Å². The van der Waals surface area contributed by atoms with Gasteiger partial charge in [-0.3, -0.25) is 4.79 Å². The van der Waals surface area contributed by atoms with Crippen LogP contribution in [0.15, 0.2) is 0 Å². The molecule has 0 spiro atoms. The van der Waals surface area contributed by atoms with Gasteiger partial charge in [-0.05, 0) is 19.3 Å². The Kier molecular flexibility index (Phi) is 4.99. The van der Waals surface area contributed by atoms with Crippen molar-refractivity contribution in [2.75, 3.05) is 13.2 Å². The van der Waals surface area contributed by atoms with Crippen LogP contribution in [0, 0.1) is 5.41 Å². The maximum atomic E-state index is 11.2. The van der Waals surface area contributed by atoms with E-state index in [0.717, 1.165) is 0 Å². The van der Waals surface area contributed by atoms with E-state index in [1.165, 1.54) is 0 Å². The highest BCUT2D eigenvalue weighted by Crippen LogP contribution is 2.09. The van der Waals surface area contributed by atoms with Gasteiger partial charge in [0.05, 0.1) is 6.10 Å². The first-order chi connectivity index (χ1) is 5.81. The molecule has 1 N–H and O–H groups in total. The van der Waals surface area contributed by atoms with E-state index in [-0.39, 0.29) is 24.0 Å². The van der Waals surface area contributed by atoms with Crippen LogP contribution in [0.25, 0.3) is 0 Å². The molecule has 3 nitrogen and oxygen atoms in total. The van der Waals surface area contributed by atoms with E-state index in [0.29, 0.717) is 6.54 Å². The lowest BCUT2D eigenvalue weighted by atomic mass is 9.97. The second kappa shape index (κ2) is 5.22. The van der Waals surface area contributed by atoms with Crippen molar-refractivity contribution in [3.63, 3.8) is 0 Å². The number of carbonyl (C=O) groups excluding carboxylic acids is 1. The van der Waals surface area contributed by atoms with Crippen molar-refractivity contribution in [1.29, 1.82) is 0 Å². The number of ether oxygens (including phenoxy) is 1. The Morgan fingerprint density at radius 2 is 1.92 bits per heavy atom. The van der Waals surface area contributed by atoms with Crippen molar-refractivity contribution < 1.29 is 9.53 Å². The Bertz CT molecular complexity index is 159. The second-order valence-electron chi connectivity index (χ2n) is 4.70. The molecule has 0 radical (unpaired) electrons. The van der Waals surface area contributed by atoms with Crippen molar-refractivity contribution in [1.82, 2.24) is 5.32 Å². The van der Waals surface area contributed by atoms with E-state index >= 15 is 0 Å². The van der Waals surface area contributed by atoms with Crippen molar-refractivity contribution in [2.45, 2.75) is 40.7 Å². The summed E-state index contributed by atoms with van der Waals surface area (Å²) in [5.74, 6) is -0.0383. The molecular formula is C10H21NO2. The predicted octanol–water partition coefficient (Wildman–Crippen LogP) is 1.57. The van der Waals surface area contributed by atoms with Gasteiger partial charge in [0.2, 0.25) is 5.91 Å². The molecule has 0 saturated heterocycles. The largest absolute Gasteiger partial charge is 0.369 e. The average Bonchev–Trinajstić information content (AvgIpc) is 1.95. The highest BCUT2D eigenvalue weighted by Gasteiger charge is 2.11. The summed E-state index contributed by atoms with van der Waals surface area (Å²) in [5.41, 5.74) is 0.132. The van der Waals surface area contributed by atoms with Gasteiger partial charge in [-0.25, -0.2) is 0 Å². The van der Waals surface area contributed by atoms with Gasteiger partial charge in [-0.2, -0.15) is 0 Å². The smallest absolute Gasteiger partial charge is 0.246 e. The molecule has 0 rings (SSSR count). The Balaban J connectivity index is 3.53. The molecule has 0 atom stereocenters. The van der Waals surface area contributed by atoms with Gasteiger partial charge in [0.1, 0.15) is 6.61 Å². The summed E-state index contributed by atoms with van der Waals surface area (Å²) in [6.45, 7) is 10.9. The molecule has 0 aliphatic heterocycles. The highest BCUT2D eigenvalue weighted by atomic mass is 16.5. The van der Waals surface area contributed by atoms with Gasteiger partial charge in [0, 0.05) is 6.54 Å². The zero-order valence-corrected chi connectivity index (χ0v) is 9.31. The molecule has 0 saturated carbocycles. The van der Waals surface area contributed by atoms with Gasteiger partial charge in [0.25, 0.3) is 0 Å². The van der Waals surface area contributed by atoms with Gasteiger partial charge in [-0.15, -0.1) is 0 Å². The third-order valence-electron chi connectivity index (χ3n) is 1.36. The molecule has 0 unspecified atom stereocenters. The maximum absolute atomic E-state index is 11.2. The fourth-order valence-corrected chi connectivity index (χ4v) is 0.657. The molecular weight excluding hydrogens is 166 g/mol. The molecule has 0 bridgehead atoms. The Labute approximate surface area is 80.8 Å². The molecule has 0 aromatic heterocycles. The SMILES string of the molecule is CC(C)OCC(=O)NCC(C)(C)C. The van der Waals surface area contributed by atoms with Crippen LogP contribution in [0.5, 0.6) is 0 Å². The van der Waals surface area contributed by atoms with Gasteiger partial charge in [-0.1, -0.05) is 20.8 Å². The fraction of sp³-hybridized carbons (Fsp3) is 0.900. The summed E-state index contributed by atoms with van der Waals surface area (Å²) in [7, 11) is 0. The first-order valence-corrected chi connectivity index (χ1v) is 4.69. The monoisotopic (exact) mass is 187 g/mol. The zero-order chi connectivity index (χ0) is 10.5. The van der Waals surface area contributed by atoms with Crippen molar-refractivity contribution in [3.8, 4) is 0 Å². The Morgan fingerprint density at radius 1 is 1.38 bits per heavy atom. The van der Waals surface area contributed by atoms with Crippen molar-refractivity contribution in [3.05, 3.63) is 0 Å². The average molecular weight is 187 g/mol. The van der Waals surface area contributed by atoms with Gasteiger partial charge >= 0.3 is 0 Å². The summed E-state index contributed by atoms with van der Waals surface area (Å²) >= 11 is 0. The molecule has 13 heavy (non-hydrogen) atoms. The van der Waals surface area contributed by atoms with E-state index < -0.39 is 0 Å². The molecule has 0 fully saturated rings. The van der Waals surface area contributed by atoms with Crippen molar-refractivity contribution >= 4 is 5.91 Å². The lowest BCUT2D eigenvalue weighted by Gasteiger charge is -2.18. The normalized spacial score (nSPS) is 11.8. The van der Waals surface area contributed by atoms with E-state index in [2.05, 4.69) is 26.1 Å².